The summed E-state index contributed by atoms with van der Waals surface area (Å²) in [6.07, 6.45) is 4.20. The van der Waals surface area contributed by atoms with Gasteiger partial charge in [0.1, 0.15) is 16.9 Å². The number of anilines is 1. The molecule has 4 aromatic rings. The van der Waals surface area contributed by atoms with Gasteiger partial charge in [-0.2, -0.15) is 0 Å². The van der Waals surface area contributed by atoms with Crippen LogP contribution in [-0.2, 0) is 6.42 Å². The summed E-state index contributed by atoms with van der Waals surface area (Å²) < 4.78 is 0.912. The van der Waals surface area contributed by atoms with Crippen LogP contribution in [0.25, 0.3) is 21.6 Å². The van der Waals surface area contributed by atoms with E-state index in [1.807, 2.05) is 35.7 Å². The van der Waals surface area contributed by atoms with E-state index in [9.17, 15) is 5.11 Å². The molecule has 0 radical (unpaired) electrons. The van der Waals surface area contributed by atoms with Crippen molar-refractivity contribution in [3.05, 3.63) is 71.4 Å². The first-order valence-electron chi connectivity index (χ1n) is 10.4. The third kappa shape index (κ3) is 5.48. The molecular weight excluding hydrogens is 418 g/mol. The van der Waals surface area contributed by atoms with Crippen LogP contribution in [0.1, 0.15) is 25.0 Å². The van der Waals surface area contributed by atoms with Crippen LogP contribution >= 0.6 is 11.3 Å². The van der Waals surface area contributed by atoms with Crippen molar-refractivity contribution in [1.82, 2.24) is 15.0 Å². The van der Waals surface area contributed by atoms with Crippen LogP contribution in [0, 0.1) is 11.8 Å². The Morgan fingerprint density at radius 2 is 1.88 bits per heavy atom. The second kappa shape index (κ2) is 9.45. The molecule has 0 aliphatic rings. The molecule has 1 atom stereocenters. The average molecular weight is 444 g/mol. The lowest BCUT2D eigenvalue weighted by molar-refractivity contribution is 0.143. The summed E-state index contributed by atoms with van der Waals surface area (Å²) in [5.41, 5.74) is 8.89. The van der Waals surface area contributed by atoms with Crippen molar-refractivity contribution in [2.24, 2.45) is 5.73 Å². The van der Waals surface area contributed by atoms with Gasteiger partial charge in [-0.15, -0.1) is 11.3 Å². The number of rotatable bonds is 6. The Hall–Kier alpha value is -3.31. The normalized spacial score (nSPS) is 12.2. The molecule has 0 fully saturated rings. The second-order valence-corrected chi connectivity index (χ2v) is 8.98. The number of aromatic nitrogens is 3. The smallest absolute Gasteiger partial charge is 0.162 e. The Labute approximate surface area is 191 Å². The molecule has 0 amide bonds. The highest BCUT2D eigenvalue weighted by molar-refractivity contribution is 7.18. The molecule has 4 rings (SSSR count). The van der Waals surface area contributed by atoms with Crippen LogP contribution < -0.4 is 11.1 Å². The third-order valence-electron chi connectivity index (χ3n) is 4.73. The van der Waals surface area contributed by atoms with Crippen LogP contribution in [0.2, 0.25) is 0 Å². The summed E-state index contributed by atoms with van der Waals surface area (Å²) >= 11 is 1.53. The van der Waals surface area contributed by atoms with Crippen LogP contribution in [-0.4, -0.2) is 38.2 Å². The Morgan fingerprint density at radius 1 is 1.12 bits per heavy atom. The SMILES string of the molecule is CC(C)(O)C#Cc1csc2c(NCC(N)Cc3ccccc3)nc(-c3ccncc3)nc12. The fraction of sp³-hybridized carbons (Fsp3) is 0.240. The lowest BCUT2D eigenvalue weighted by atomic mass is 10.1. The van der Waals surface area contributed by atoms with Gasteiger partial charge in [0, 0.05) is 35.9 Å². The van der Waals surface area contributed by atoms with Gasteiger partial charge in [0.25, 0.3) is 0 Å². The molecule has 3 aromatic heterocycles. The quantitative estimate of drug-likeness (QED) is 0.392. The van der Waals surface area contributed by atoms with E-state index in [0.29, 0.717) is 12.4 Å². The topological polar surface area (TPSA) is 97.0 Å². The predicted octanol–water partition coefficient (Wildman–Crippen LogP) is 3.86. The van der Waals surface area contributed by atoms with E-state index in [1.54, 1.807) is 26.2 Å². The van der Waals surface area contributed by atoms with Gasteiger partial charge in [0.15, 0.2) is 5.82 Å². The van der Waals surface area contributed by atoms with Crippen LogP contribution in [0.3, 0.4) is 0 Å². The van der Waals surface area contributed by atoms with Crippen molar-refractivity contribution in [1.29, 1.82) is 0 Å². The Kier molecular flexibility index (Phi) is 6.47. The predicted molar refractivity (Wildman–Crippen MR) is 130 cm³/mol. The molecule has 1 aromatic carbocycles. The van der Waals surface area contributed by atoms with E-state index < -0.39 is 5.60 Å². The van der Waals surface area contributed by atoms with E-state index in [-0.39, 0.29) is 6.04 Å². The molecule has 0 bridgehead atoms. The number of thiophene rings is 1. The Bertz CT molecular complexity index is 1250. The number of aliphatic hydroxyl groups is 1. The maximum absolute atomic E-state index is 10.0. The fourth-order valence-electron chi connectivity index (χ4n) is 3.19. The minimum atomic E-state index is -1.08. The zero-order valence-corrected chi connectivity index (χ0v) is 18.9. The standard InChI is InChI=1S/C25H25N5OS/c1-25(2,31)11-8-19-16-32-22-21(19)29-23(18-9-12-27-13-10-18)30-24(22)28-15-20(26)14-17-6-4-3-5-7-17/h3-7,9-10,12-13,16,20,31H,14-15,26H2,1-2H3,(H,28,29,30). The molecule has 4 N–H and O–H groups in total. The first-order chi connectivity index (χ1) is 15.4. The van der Waals surface area contributed by atoms with Crippen molar-refractivity contribution in [3.8, 4) is 23.2 Å². The molecule has 0 aliphatic heterocycles. The molecule has 7 heteroatoms. The van der Waals surface area contributed by atoms with Crippen LogP contribution in [0.4, 0.5) is 5.82 Å². The van der Waals surface area contributed by atoms with E-state index >= 15 is 0 Å². The van der Waals surface area contributed by atoms with E-state index in [4.69, 9.17) is 15.7 Å². The highest BCUT2D eigenvalue weighted by Gasteiger charge is 2.16. The number of hydrogen-bond donors (Lipinski definition) is 3. The van der Waals surface area contributed by atoms with Gasteiger partial charge in [-0.1, -0.05) is 42.2 Å². The lowest BCUT2D eigenvalue weighted by Gasteiger charge is -2.14. The highest BCUT2D eigenvalue weighted by atomic mass is 32.1. The van der Waals surface area contributed by atoms with Crippen molar-refractivity contribution in [3.63, 3.8) is 0 Å². The van der Waals surface area contributed by atoms with Gasteiger partial charge < -0.3 is 16.2 Å². The van der Waals surface area contributed by atoms with E-state index in [1.165, 1.54) is 16.9 Å². The second-order valence-electron chi connectivity index (χ2n) is 8.10. The molecule has 1 unspecified atom stereocenters. The minimum absolute atomic E-state index is 0.0683. The van der Waals surface area contributed by atoms with Gasteiger partial charge in [-0.25, -0.2) is 9.97 Å². The maximum Gasteiger partial charge on any atom is 0.162 e. The average Bonchev–Trinajstić information content (AvgIpc) is 3.20. The number of hydrogen-bond acceptors (Lipinski definition) is 7. The minimum Gasteiger partial charge on any atom is -0.378 e. The van der Waals surface area contributed by atoms with Gasteiger partial charge in [-0.3, -0.25) is 4.98 Å². The number of nitrogens with zero attached hydrogens (tertiary/aromatic N) is 3. The third-order valence-corrected chi connectivity index (χ3v) is 5.71. The largest absolute Gasteiger partial charge is 0.378 e. The van der Waals surface area contributed by atoms with Crippen molar-refractivity contribution in [2.45, 2.75) is 31.9 Å². The molecular formula is C25H25N5OS. The lowest BCUT2D eigenvalue weighted by Crippen LogP contribution is -2.31. The molecule has 3 heterocycles. The van der Waals surface area contributed by atoms with Gasteiger partial charge in [0.2, 0.25) is 0 Å². The van der Waals surface area contributed by atoms with Crippen molar-refractivity contribution < 1.29 is 5.11 Å². The number of benzene rings is 1. The number of fused-ring (bicyclic) bond motifs is 1. The number of pyridine rings is 1. The Balaban J connectivity index is 1.67. The molecule has 162 valence electrons. The van der Waals surface area contributed by atoms with E-state index in [2.05, 4.69) is 34.3 Å². The van der Waals surface area contributed by atoms with Gasteiger partial charge in [-0.05, 0) is 38.0 Å². The van der Waals surface area contributed by atoms with E-state index in [0.717, 1.165) is 33.6 Å². The molecule has 6 nitrogen and oxygen atoms in total. The van der Waals surface area contributed by atoms with Gasteiger partial charge in [0.05, 0.1) is 10.3 Å². The molecule has 0 saturated carbocycles. The molecule has 32 heavy (non-hydrogen) atoms. The summed E-state index contributed by atoms with van der Waals surface area (Å²) in [7, 11) is 0. The molecule has 0 aliphatic carbocycles. The van der Waals surface area contributed by atoms with Gasteiger partial charge >= 0.3 is 0 Å². The maximum atomic E-state index is 10.0. The summed E-state index contributed by atoms with van der Waals surface area (Å²) in [4.78, 5) is 13.6. The summed E-state index contributed by atoms with van der Waals surface area (Å²) in [6.45, 7) is 3.89. The molecule has 0 spiro atoms. The number of nitrogens with one attached hydrogen (secondary N) is 1. The summed E-state index contributed by atoms with van der Waals surface area (Å²) in [6, 6.07) is 13.9. The van der Waals surface area contributed by atoms with Crippen LogP contribution in [0.5, 0.6) is 0 Å². The van der Waals surface area contributed by atoms with Crippen molar-refractivity contribution >= 4 is 27.4 Å². The highest BCUT2D eigenvalue weighted by Crippen LogP contribution is 2.32. The zero-order chi connectivity index (χ0) is 22.6. The van der Waals surface area contributed by atoms with Crippen LogP contribution in [0.15, 0.2) is 60.2 Å². The summed E-state index contributed by atoms with van der Waals surface area (Å²) in [5, 5.41) is 15.4. The molecule has 0 saturated heterocycles. The first-order valence-corrected chi connectivity index (χ1v) is 11.3. The fourth-order valence-corrected chi connectivity index (χ4v) is 4.10. The monoisotopic (exact) mass is 443 g/mol. The summed E-state index contributed by atoms with van der Waals surface area (Å²) in [5.74, 6) is 7.26. The Morgan fingerprint density at radius 3 is 2.59 bits per heavy atom. The number of nitrogens with two attached hydrogens (primary N) is 1. The first kappa shape index (κ1) is 21.9. The zero-order valence-electron chi connectivity index (χ0n) is 18.0. The van der Waals surface area contributed by atoms with Crippen molar-refractivity contribution in [2.75, 3.05) is 11.9 Å².